The lowest BCUT2D eigenvalue weighted by Crippen LogP contribution is -2.41. The van der Waals surface area contributed by atoms with Gasteiger partial charge in [-0.05, 0) is 41.8 Å². The second-order valence-corrected chi connectivity index (χ2v) is 9.02. The first-order chi connectivity index (χ1) is 17.1. The first kappa shape index (κ1) is 23.2. The minimum atomic E-state index is -0.245. The van der Waals surface area contributed by atoms with Gasteiger partial charge in [0.2, 0.25) is 5.91 Å². The number of anilines is 2. The monoisotopic (exact) mass is 471 g/mol. The number of morpholine rings is 1. The van der Waals surface area contributed by atoms with Gasteiger partial charge >= 0.3 is 0 Å². The fraction of sp³-hybridized carbons (Fsp3) is 0.286. The molecule has 2 saturated heterocycles. The number of methoxy groups -OCH3 is 1. The predicted octanol–water partition coefficient (Wildman–Crippen LogP) is 4.16. The molecule has 2 fully saturated rings. The lowest BCUT2D eigenvalue weighted by Gasteiger charge is -2.26. The van der Waals surface area contributed by atoms with Gasteiger partial charge in [0.05, 0.1) is 25.9 Å². The average molecular weight is 472 g/mol. The maximum absolute atomic E-state index is 13.0. The van der Waals surface area contributed by atoms with E-state index >= 15 is 0 Å². The Balaban J connectivity index is 1.26. The van der Waals surface area contributed by atoms with Gasteiger partial charge in [0.15, 0.2) is 0 Å². The summed E-state index contributed by atoms with van der Waals surface area (Å²) < 4.78 is 10.9. The summed E-state index contributed by atoms with van der Waals surface area (Å²) >= 11 is 0. The molecule has 5 rings (SSSR count). The molecule has 0 aliphatic carbocycles. The van der Waals surface area contributed by atoms with E-state index in [1.807, 2.05) is 60.7 Å². The number of likely N-dealkylation sites (tertiary alicyclic amines) is 1. The van der Waals surface area contributed by atoms with Crippen molar-refractivity contribution in [2.24, 2.45) is 0 Å². The van der Waals surface area contributed by atoms with Crippen molar-refractivity contribution in [3.8, 4) is 11.1 Å². The molecule has 2 amide bonds. The smallest absolute Gasteiger partial charge is 0.255 e. The molecule has 2 bridgehead atoms. The van der Waals surface area contributed by atoms with Crippen LogP contribution < -0.4 is 10.6 Å². The lowest BCUT2D eigenvalue weighted by molar-refractivity contribution is -0.118. The Kier molecular flexibility index (Phi) is 6.90. The van der Waals surface area contributed by atoms with Crippen molar-refractivity contribution < 1.29 is 19.1 Å². The molecule has 1 unspecified atom stereocenters. The molecule has 35 heavy (non-hydrogen) atoms. The highest BCUT2D eigenvalue weighted by Crippen LogP contribution is 2.28. The zero-order valence-corrected chi connectivity index (χ0v) is 19.7. The van der Waals surface area contributed by atoms with Gasteiger partial charge in [0.25, 0.3) is 5.91 Å². The molecular weight excluding hydrogens is 442 g/mol. The topological polar surface area (TPSA) is 79.9 Å². The van der Waals surface area contributed by atoms with Gasteiger partial charge in [-0.3, -0.25) is 14.5 Å². The Labute approximate surface area is 205 Å². The van der Waals surface area contributed by atoms with Crippen LogP contribution in [0.4, 0.5) is 11.4 Å². The van der Waals surface area contributed by atoms with E-state index in [-0.39, 0.29) is 17.9 Å². The highest BCUT2D eigenvalue weighted by atomic mass is 16.5. The number of rotatable bonds is 8. The second kappa shape index (κ2) is 10.4. The number of nitrogens with zero attached hydrogens (tertiary/aromatic N) is 1. The lowest BCUT2D eigenvalue weighted by atomic mass is 10.1. The molecule has 2 N–H and O–H groups in total. The second-order valence-electron chi connectivity index (χ2n) is 9.02. The molecule has 0 radical (unpaired) electrons. The quantitative estimate of drug-likeness (QED) is 0.516. The van der Waals surface area contributed by atoms with Crippen molar-refractivity contribution >= 4 is 23.2 Å². The number of benzene rings is 3. The Bertz CT molecular complexity index is 1200. The van der Waals surface area contributed by atoms with Crippen LogP contribution in [-0.4, -0.2) is 55.7 Å². The van der Waals surface area contributed by atoms with Gasteiger partial charge in [-0.2, -0.15) is 0 Å². The molecule has 2 aliphatic heterocycles. The standard InChI is InChI=1S/C28H29N3O4/c1-34-17-22-8-7-21(13-26(22)30-27(32)16-31-15-25-14-24(31)18-35-25)28(33)29-23-11-9-20(10-12-23)19-5-3-2-4-6-19/h2-13,24-25H,14-18H2,1H3,(H,29,33)(H,30,32)/t24-,25?/m0/s1. The number of amides is 2. The van der Waals surface area contributed by atoms with Crippen LogP contribution in [0, 0.1) is 0 Å². The van der Waals surface area contributed by atoms with Crippen LogP contribution >= 0.6 is 0 Å². The van der Waals surface area contributed by atoms with Crippen molar-refractivity contribution in [1.82, 2.24) is 4.90 Å². The van der Waals surface area contributed by atoms with Gasteiger partial charge in [-0.25, -0.2) is 0 Å². The Morgan fingerprint density at radius 1 is 1.00 bits per heavy atom. The summed E-state index contributed by atoms with van der Waals surface area (Å²) in [5.41, 5.74) is 4.76. The fourth-order valence-electron chi connectivity index (χ4n) is 4.74. The van der Waals surface area contributed by atoms with Crippen molar-refractivity contribution in [2.75, 3.05) is 37.4 Å². The van der Waals surface area contributed by atoms with Crippen LogP contribution in [0.3, 0.4) is 0 Å². The fourth-order valence-corrected chi connectivity index (χ4v) is 4.74. The van der Waals surface area contributed by atoms with Crippen molar-refractivity contribution in [1.29, 1.82) is 0 Å². The van der Waals surface area contributed by atoms with Gasteiger partial charge in [0, 0.05) is 42.2 Å². The number of carbonyl (C=O) groups excluding carboxylic acids is 2. The van der Waals surface area contributed by atoms with E-state index in [1.165, 1.54) is 0 Å². The SMILES string of the molecule is COCc1ccc(C(=O)Nc2ccc(-c3ccccc3)cc2)cc1NC(=O)CN1CC2C[C@H]1CO2. The number of carbonyl (C=O) groups is 2. The summed E-state index contributed by atoms with van der Waals surface area (Å²) in [4.78, 5) is 27.9. The number of fused-ring (bicyclic) bond motifs is 2. The van der Waals surface area contributed by atoms with Crippen LogP contribution in [0.2, 0.25) is 0 Å². The molecule has 3 aromatic rings. The molecule has 0 saturated carbocycles. The Morgan fingerprint density at radius 2 is 1.77 bits per heavy atom. The van der Waals surface area contributed by atoms with E-state index in [4.69, 9.17) is 9.47 Å². The first-order valence-corrected chi connectivity index (χ1v) is 11.8. The van der Waals surface area contributed by atoms with Crippen LogP contribution in [-0.2, 0) is 20.9 Å². The van der Waals surface area contributed by atoms with E-state index in [0.717, 1.165) is 29.7 Å². The summed E-state index contributed by atoms with van der Waals surface area (Å²) in [5, 5.41) is 5.93. The third-order valence-electron chi connectivity index (χ3n) is 6.56. The zero-order chi connectivity index (χ0) is 24.2. The third kappa shape index (κ3) is 5.43. The number of hydrogen-bond acceptors (Lipinski definition) is 5. The van der Waals surface area contributed by atoms with E-state index in [1.54, 1.807) is 19.2 Å². The van der Waals surface area contributed by atoms with E-state index in [9.17, 15) is 9.59 Å². The summed E-state index contributed by atoms with van der Waals surface area (Å²) in [7, 11) is 1.60. The van der Waals surface area contributed by atoms with E-state index in [2.05, 4.69) is 15.5 Å². The van der Waals surface area contributed by atoms with Gasteiger partial charge in [-0.15, -0.1) is 0 Å². The average Bonchev–Trinajstić information content (AvgIpc) is 3.49. The molecule has 180 valence electrons. The molecule has 2 heterocycles. The molecule has 2 aliphatic rings. The van der Waals surface area contributed by atoms with Crippen LogP contribution in [0.1, 0.15) is 22.3 Å². The maximum atomic E-state index is 13.0. The molecule has 7 nitrogen and oxygen atoms in total. The summed E-state index contributed by atoms with van der Waals surface area (Å²) in [6.07, 6.45) is 1.23. The van der Waals surface area contributed by atoms with Crippen LogP contribution in [0.5, 0.6) is 0 Å². The van der Waals surface area contributed by atoms with Crippen LogP contribution in [0.25, 0.3) is 11.1 Å². The summed E-state index contributed by atoms with van der Waals surface area (Å²) in [6.45, 7) is 2.12. The highest BCUT2D eigenvalue weighted by Gasteiger charge is 2.39. The van der Waals surface area contributed by atoms with Gasteiger partial charge in [-0.1, -0.05) is 48.5 Å². The highest BCUT2D eigenvalue weighted by molar-refractivity contribution is 6.05. The van der Waals surface area contributed by atoms with E-state index in [0.29, 0.717) is 42.7 Å². The van der Waals surface area contributed by atoms with Gasteiger partial charge in [0.1, 0.15) is 0 Å². The molecule has 3 aromatic carbocycles. The normalized spacial score (nSPS) is 19.0. The van der Waals surface area contributed by atoms with Crippen molar-refractivity contribution in [3.05, 3.63) is 83.9 Å². The van der Waals surface area contributed by atoms with E-state index < -0.39 is 0 Å². The summed E-state index contributed by atoms with van der Waals surface area (Å²) in [5.74, 6) is -0.352. The minimum Gasteiger partial charge on any atom is -0.380 e. The maximum Gasteiger partial charge on any atom is 0.255 e. The zero-order valence-electron chi connectivity index (χ0n) is 19.7. The number of hydrogen-bond donors (Lipinski definition) is 2. The number of nitrogens with one attached hydrogen (secondary N) is 2. The molecule has 0 spiro atoms. The van der Waals surface area contributed by atoms with Gasteiger partial charge < -0.3 is 20.1 Å². The molecular formula is C28H29N3O4. The Morgan fingerprint density at radius 3 is 2.46 bits per heavy atom. The molecule has 7 heteroatoms. The van der Waals surface area contributed by atoms with Crippen molar-refractivity contribution in [3.63, 3.8) is 0 Å². The van der Waals surface area contributed by atoms with Crippen molar-refractivity contribution in [2.45, 2.75) is 25.2 Å². The molecule has 2 atom stereocenters. The van der Waals surface area contributed by atoms with Crippen LogP contribution in [0.15, 0.2) is 72.8 Å². The Hall–Kier alpha value is -3.52. The summed E-state index contributed by atoms with van der Waals surface area (Å²) in [6, 6.07) is 23.4. The third-order valence-corrected chi connectivity index (χ3v) is 6.56. The predicted molar refractivity (Wildman–Crippen MR) is 135 cm³/mol. The number of ether oxygens (including phenoxy) is 2. The minimum absolute atomic E-state index is 0.107. The largest absolute Gasteiger partial charge is 0.380 e. The first-order valence-electron chi connectivity index (χ1n) is 11.8. The molecule has 0 aromatic heterocycles.